The highest BCUT2D eigenvalue weighted by Gasteiger charge is 2.34. The van der Waals surface area contributed by atoms with E-state index in [-0.39, 0.29) is 24.6 Å². The quantitative estimate of drug-likeness (QED) is 0.265. The molecule has 0 aliphatic rings. The SMILES string of the molecule is CCOC(=O)c1[nH]c2ccccc2c1C(c1ccccc1F)c1c(C(=O)OCC)[nH]c2ccccc12. The summed E-state index contributed by atoms with van der Waals surface area (Å²) in [5, 5.41) is 1.46. The third-order valence-electron chi connectivity index (χ3n) is 6.25. The maximum absolute atomic E-state index is 15.5. The van der Waals surface area contributed by atoms with E-state index in [0.29, 0.717) is 27.7 Å². The molecule has 0 spiro atoms. The molecule has 0 amide bonds. The summed E-state index contributed by atoms with van der Waals surface area (Å²) in [6.07, 6.45) is 0. The van der Waals surface area contributed by atoms with E-state index in [2.05, 4.69) is 9.97 Å². The molecule has 0 radical (unpaired) electrons. The summed E-state index contributed by atoms with van der Waals surface area (Å²) in [6.45, 7) is 3.82. The number of carbonyl (C=O) groups is 2. The Morgan fingerprint density at radius 3 is 1.64 bits per heavy atom. The average Bonchev–Trinajstić information content (AvgIpc) is 3.46. The molecule has 0 saturated carbocycles. The number of aromatic amines is 2. The van der Waals surface area contributed by atoms with Crippen LogP contribution in [0.4, 0.5) is 4.39 Å². The Morgan fingerprint density at radius 2 is 1.17 bits per heavy atom. The standard InChI is InChI=1S/C29H25FN2O4/c1-3-35-28(33)26-24(18-12-6-9-15-21(18)31-26)23(17-11-5-8-14-20(17)30)25-19-13-7-10-16-22(19)32-27(25)29(34)36-4-2/h5-16,23,31-32H,3-4H2,1-2H3. The molecule has 2 heterocycles. The predicted molar refractivity (Wildman–Crippen MR) is 136 cm³/mol. The number of halogens is 1. The van der Waals surface area contributed by atoms with Gasteiger partial charge in [0.15, 0.2) is 0 Å². The second kappa shape index (κ2) is 9.70. The molecular weight excluding hydrogens is 459 g/mol. The van der Waals surface area contributed by atoms with Gasteiger partial charge in [-0.25, -0.2) is 14.0 Å². The molecule has 2 aromatic heterocycles. The number of hydrogen-bond acceptors (Lipinski definition) is 4. The Morgan fingerprint density at radius 1 is 0.722 bits per heavy atom. The number of esters is 2. The molecule has 0 unspecified atom stereocenters. The summed E-state index contributed by atoms with van der Waals surface area (Å²) in [5.41, 5.74) is 3.22. The fourth-order valence-electron chi connectivity index (χ4n) is 4.82. The molecule has 0 fully saturated rings. The molecule has 6 nitrogen and oxygen atoms in total. The van der Waals surface area contributed by atoms with E-state index in [4.69, 9.17) is 9.47 Å². The molecule has 5 rings (SSSR count). The van der Waals surface area contributed by atoms with Crippen LogP contribution in [0.1, 0.15) is 57.4 Å². The average molecular weight is 485 g/mol. The molecule has 182 valence electrons. The summed E-state index contributed by atoms with van der Waals surface area (Å²) >= 11 is 0. The molecular formula is C29H25FN2O4. The predicted octanol–water partition coefficient (Wildman–Crippen LogP) is 6.32. The van der Waals surface area contributed by atoms with Crippen molar-refractivity contribution in [1.82, 2.24) is 9.97 Å². The van der Waals surface area contributed by atoms with Crippen molar-refractivity contribution < 1.29 is 23.5 Å². The summed E-state index contributed by atoms with van der Waals surface area (Å²) < 4.78 is 26.3. The summed E-state index contributed by atoms with van der Waals surface area (Å²) in [5.74, 6) is -2.38. The van der Waals surface area contributed by atoms with Gasteiger partial charge in [0.25, 0.3) is 0 Å². The highest BCUT2D eigenvalue weighted by molar-refractivity contribution is 6.03. The van der Waals surface area contributed by atoms with Gasteiger partial charge in [0.05, 0.1) is 13.2 Å². The minimum atomic E-state index is -0.822. The second-order valence-corrected chi connectivity index (χ2v) is 8.31. The first-order valence-corrected chi connectivity index (χ1v) is 11.8. The van der Waals surface area contributed by atoms with Gasteiger partial charge in [-0.2, -0.15) is 0 Å². The Labute approximate surface area is 207 Å². The van der Waals surface area contributed by atoms with Gasteiger partial charge in [-0.05, 0) is 37.6 Å². The van der Waals surface area contributed by atoms with E-state index < -0.39 is 23.7 Å². The zero-order valence-electron chi connectivity index (χ0n) is 19.9. The first kappa shape index (κ1) is 23.4. The topological polar surface area (TPSA) is 84.2 Å². The molecule has 3 aromatic carbocycles. The third kappa shape index (κ3) is 3.92. The monoisotopic (exact) mass is 484 g/mol. The minimum Gasteiger partial charge on any atom is -0.461 e. The summed E-state index contributed by atoms with van der Waals surface area (Å²) in [4.78, 5) is 32.7. The number of carbonyl (C=O) groups excluding carboxylic acids is 2. The minimum absolute atomic E-state index is 0.180. The van der Waals surface area contributed by atoms with Crippen molar-refractivity contribution in [1.29, 1.82) is 0 Å². The van der Waals surface area contributed by atoms with E-state index in [1.807, 2.05) is 48.5 Å². The van der Waals surface area contributed by atoms with Crippen LogP contribution in [-0.4, -0.2) is 35.1 Å². The molecule has 5 aromatic rings. The Bertz CT molecular complexity index is 1490. The molecule has 0 saturated heterocycles. The van der Waals surface area contributed by atoms with Crippen molar-refractivity contribution in [2.75, 3.05) is 13.2 Å². The Balaban J connectivity index is 1.92. The van der Waals surface area contributed by atoms with Crippen molar-refractivity contribution in [2.45, 2.75) is 19.8 Å². The van der Waals surface area contributed by atoms with Crippen molar-refractivity contribution >= 4 is 33.7 Å². The smallest absolute Gasteiger partial charge is 0.355 e. The molecule has 0 bridgehead atoms. The number of benzene rings is 3. The maximum Gasteiger partial charge on any atom is 0.355 e. The van der Waals surface area contributed by atoms with E-state index in [1.165, 1.54) is 6.07 Å². The van der Waals surface area contributed by atoms with Crippen LogP contribution in [0.25, 0.3) is 21.8 Å². The van der Waals surface area contributed by atoms with Crippen LogP contribution in [-0.2, 0) is 9.47 Å². The van der Waals surface area contributed by atoms with E-state index in [1.54, 1.807) is 32.0 Å². The number of rotatable bonds is 7. The lowest BCUT2D eigenvalue weighted by atomic mass is 9.81. The van der Waals surface area contributed by atoms with Gasteiger partial charge in [0.2, 0.25) is 0 Å². The van der Waals surface area contributed by atoms with Crippen LogP contribution in [0, 0.1) is 5.82 Å². The molecule has 36 heavy (non-hydrogen) atoms. The number of para-hydroxylation sites is 2. The van der Waals surface area contributed by atoms with Crippen LogP contribution in [0.5, 0.6) is 0 Å². The van der Waals surface area contributed by atoms with Crippen LogP contribution in [0.15, 0.2) is 72.8 Å². The zero-order chi connectivity index (χ0) is 25.2. The molecule has 2 N–H and O–H groups in total. The Kier molecular flexibility index (Phi) is 6.29. The van der Waals surface area contributed by atoms with Crippen LogP contribution >= 0.6 is 0 Å². The van der Waals surface area contributed by atoms with E-state index >= 15 is 4.39 Å². The number of hydrogen-bond donors (Lipinski definition) is 2. The summed E-state index contributed by atoms with van der Waals surface area (Å²) in [6, 6.07) is 21.3. The summed E-state index contributed by atoms with van der Waals surface area (Å²) in [7, 11) is 0. The number of H-pyrrole nitrogens is 2. The maximum atomic E-state index is 15.5. The molecule has 0 aliphatic carbocycles. The van der Waals surface area contributed by atoms with Crippen molar-refractivity contribution in [3.05, 3.63) is 107 Å². The van der Waals surface area contributed by atoms with Crippen molar-refractivity contribution in [2.24, 2.45) is 0 Å². The Hall–Kier alpha value is -4.39. The van der Waals surface area contributed by atoms with E-state index in [0.717, 1.165) is 10.8 Å². The van der Waals surface area contributed by atoms with Crippen molar-refractivity contribution in [3.8, 4) is 0 Å². The van der Waals surface area contributed by atoms with Gasteiger partial charge in [-0.3, -0.25) is 0 Å². The number of ether oxygens (including phenoxy) is 2. The highest BCUT2D eigenvalue weighted by atomic mass is 19.1. The van der Waals surface area contributed by atoms with Gasteiger partial charge >= 0.3 is 11.9 Å². The second-order valence-electron chi connectivity index (χ2n) is 8.31. The lowest BCUT2D eigenvalue weighted by Crippen LogP contribution is -2.16. The van der Waals surface area contributed by atoms with Gasteiger partial charge in [0.1, 0.15) is 17.2 Å². The van der Waals surface area contributed by atoms with Gasteiger partial charge in [0, 0.05) is 38.9 Å². The normalized spacial score (nSPS) is 11.3. The lowest BCUT2D eigenvalue weighted by molar-refractivity contribution is 0.0511. The van der Waals surface area contributed by atoms with E-state index in [9.17, 15) is 9.59 Å². The molecule has 0 aliphatic heterocycles. The molecule has 0 atom stereocenters. The largest absolute Gasteiger partial charge is 0.461 e. The van der Waals surface area contributed by atoms with Crippen LogP contribution in [0.3, 0.4) is 0 Å². The molecule has 7 heteroatoms. The fraction of sp³-hybridized carbons (Fsp3) is 0.172. The number of nitrogens with one attached hydrogen (secondary N) is 2. The number of fused-ring (bicyclic) bond motifs is 2. The van der Waals surface area contributed by atoms with Gasteiger partial charge in [-0.1, -0.05) is 54.6 Å². The number of aromatic nitrogens is 2. The van der Waals surface area contributed by atoms with Crippen LogP contribution < -0.4 is 0 Å². The van der Waals surface area contributed by atoms with Crippen molar-refractivity contribution in [3.63, 3.8) is 0 Å². The highest BCUT2D eigenvalue weighted by Crippen LogP contribution is 2.44. The third-order valence-corrected chi connectivity index (χ3v) is 6.25. The lowest BCUT2D eigenvalue weighted by Gasteiger charge is -2.21. The van der Waals surface area contributed by atoms with Gasteiger partial charge in [-0.15, -0.1) is 0 Å². The zero-order valence-corrected chi connectivity index (χ0v) is 19.9. The van der Waals surface area contributed by atoms with Crippen LogP contribution in [0.2, 0.25) is 0 Å². The fourth-order valence-corrected chi connectivity index (χ4v) is 4.82. The first-order chi connectivity index (χ1) is 17.5. The first-order valence-electron chi connectivity index (χ1n) is 11.8. The van der Waals surface area contributed by atoms with Gasteiger partial charge < -0.3 is 19.4 Å².